The molecule has 0 radical (unpaired) electrons. The van der Waals surface area contributed by atoms with Crippen LogP contribution in [-0.2, 0) is 10.0 Å². The van der Waals surface area contributed by atoms with Crippen LogP contribution in [0.1, 0.15) is 24.1 Å². The lowest BCUT2D eigenvalue weighted by atomic mass is 9.83. The van der Waals surface area contributed by atoms with Gasteiger partial charge in [-0.1, -0.05) is 11.2 Å². The zero-order valence-electron chi connectivity index (χ0n) is 16.8. The maximum absolute atomic E-state index is 12.8. The topological polar surface area (TPSA) is 131 Å². The number of hydrogen-bond donors (Lipinski definition) is 3. The van der Waals surface area contributed by atoms with Crippen molar-refractivity contribution in [3.05, 3.63) is 47.8 Å². The molecular weight excluding hydrogens is 404 g/mol. The first kappa shape index (κ1) is 20.5. The molecule has 0 atom stereocenters. The van der Waals surface area contributed by atoms with Crippen molar-refractivity contribution < 1.29 is 18.0 Å². The molecule has 9 heteroatoms. The van der Waals surface area contributed by atoms with Gasteiger partial charge in [0.15, 0.2) is 5.76 Å². The van der Waals surface area contributed by atoms with Gasteiger partial charge in [0.25, 0.3) is 0 Å². The minimum absolute atomic E-state index is 0.175. The fourth-order valence-electron chi connectivity index (χ4n) is 3.57. The number of pyridine rings is 1. The summed E-state index contributed by atoms with van der Waals surface area (Å²) in [4.78, 5) is 4.44. The average molecular weight is 429 g/mol. The van der Waals surface area contributed by atoms with E-state index < -0.39 is 10.0 Å². The molecule has 2 aromatic heterocycles. The Morgan fingerprint density at radius 3 is 2.63 bits per heavy atom. The summed E-state index contributed by atoms with van der Waals surface area (Å²) in [5.74, 6) is 0.986. The Hall–Kier alpha value is -2.75. The van der Waals surface area contributed by atoms with E-state index in [2.05, 4.69) is 14.9 Å². The largest absolute Gasteiger partial charge is 0.393 e. The number of sulfonamides is 1. The molecule has 30 heavy (non-hydrogen) atoms. The van der Waals surface area contributed by atoms with E-state index in [1.54, 1.807) is 30.5 Å². The smallest absolute Gasteiger partial charge is 0.240 e. The minimum Gasteiger partial charge on any atom is -0.393 e. The second-order valence-corrected chi connectivity index (χ2v) is 9.58. The summed E-state index contributed by atoms with van der Waals surface area (Å²) in [6.45, 7) is 4.04. The van der Waals surface area contributed by atoms with E-state index in [4.69, 9.17) is 10.3 Å². The summed E-state index contributed by atoms with van der Waals surface area (Å²) in [6, 6.07) is 8.58. The summed E-state index contributed by atoms with van der Waals surface area (Å²) in [7, 11) is -3.67. The molecule has 0 aliphatic heterocycles. The van der Waals surface area contributed by atoms with E-state index in [1.807, 2.05) is 19.9 Å². The highest BCUT2D eigenvalue weighted by molar-refractivity contribution is 7.89. The maximum Gasteiger partial charge on any atom is 0.240 e. The third-order valence-corrected chi connectivity index (χ3v) is 6.84. The van der Waals surface area contributed by atoms with Gasteiger partial charge in [-0.3, -0.25) is 0 Å². The van der Waals surface area contributed by atoms with Gasteiger partial charge < -0.3 is 15.4 Å². The Morgan fingerprint density at radius 2 is 1.97 bits per heavy atom. The number of hydrogen-bond acceptors (Lipinski definition) is 7. The average Bonchev–Trinajstić information content (AvgIpc) is 3.11. The van der Waals surface area contributed by atoms with Crippen molar-refractivity contribution in [3.8, 4) is 22.5 Å². The van der Waals surface area contributed by atoms with Gasteiger partial charge in [-0.05, 0) is 61.9 Å². The quantitative estimate of drug-likeness (QED) is 0.550. The van der Waals surface area contributed by atoms with Crippen molar-refractivity contribution in [3.63, 3.8) is 0 Å². The van der Waals surface area contributed by atoms with Gasteiger partial charge in [0, 0.05) is 24.4 Å². The second kappa shape index (κ2) is 7.82. The van der Waals surface area contributed by atoms with Crippen LogP contribution in [0.5, 0.6) is 0 Å². The molecule has 0 unspecified atom stereocenters. The van der Waals surface area contributed by atoms with E-state index in [-0.39, 0.29) is 16.9 Å². The molecule has 2 heterocycles. The molecule has 0 bridgehead atoms. The molecule has 0 amide bonds. The standard InChI is InChI=1S/C21H24N4O4S/c1-12-3-4-17(30(27,28)24-10-14-6-16(26)7-14)9-18(12)15-8-19(21(22)23-11-15)20-5-13(2)25-29-20/h3-5,8-9,11,14,16,24,26H,6-7,10H2,1-2H3,(H2,22,23)/t14-,16-. The highest BCUT2D eigenvalue weighted by atomic mass is 32.2. The summed E-state index contributed by atoms with van der Waals surface area (Å²) >= 11 is 0. The summed E-state index contributed by atoms with van der Waals surface area (Å²) in [6.07, 6.45) is 2.56. The van der Waals surface area contributed by atoms with Gasteiger partial charge in [0.05, 0.1) is 22.3 Å². The lowest BCUT2D eigenvalue weighted by Gasteiger charge is -2.31. The molecule has 1 aliphatic rings. The van der Waals surface area contributed by atoms with Crippen molar-refractivity contribution in [1.82, 2.24) is 14.9 Å². The van der Waals surface area contributed by atoms with Gasteiger partial charge >= 0.3 is 0 Å². The van der Waals surface area contributed by atoms with Crippen LogP contribution < -0.4 is 10.5 Å². The first-order valence-electron chi connectivity index (χ1n) is 9.71. The molecule has 3 aromatic rings. The zero-order valence-corrected chi connectivity index (χ0v) is 17.6. The molecular formula is C21H24N4O4S. The Kier molecular flexibility index (Phi) is 5.35. The first-order chi connectivity index (χ1) is 14.2. The molecule has 4 N–H and O–H groups in total. The van der Waals surface area contributed by atoms with E-state index in [1.165, 1.54) is 0 Å². The van der Waals surface area contributed by atoms with E-state index in [0.717, 1.165) is 22.4 Å². The Balaban J connectivity index is 1.65. The van der Waals surface area contributed by atoms with Crippen molar-refractivity contribution in [2.45, 2.75) is 37.7 Å². The fraction of sp³-hybridized carbons (Fsp3) is 0.333. The van der Waals surface area contributed by atoms with Gasteiger partial charge in [0.2, 0.25) is 10.0 Å². The number of anilines is 1. The number of benzene rings is 1. The van der Waals surface area contributed by atoms with Gasteiger partial charge in [-0.15, -0.1) is 0 Å². The predicted octanol–water partition coefficient (Wildman–Crippen LogP) is 2.65. The molecule has 1 saturated carbocycles. The van der Waals surface area contributed by atoms with Crippen LogP contribution in [0.2, 0.25) is 0 Å². The van der Waals surface area contributed by atoms with Crippen LogP contribution in [0.25, 0.3) is 22.5 Å². The van der Waals surface area contributed by atoms with Crippen molar-refractivity contribution >= 4 is 15.8 Å². The van der Waals surface area contributed by atoms with E-state index >= 15 is 0 Å². The van der Waals surface area contributed by atoms with Crippen LogP contribution in [0.4, 0.5) is 5.82 Å². The molecule has 1 aromatic carbocycles. The molecule has 0 saturated heterocycles. The van der Waals surface area contributed by atoms with Gasteiger partial charge in [0.1, 0.15) is 5.82 Å². The third kappa shape index (κ3) is 4.09. The number of aliphatic hydroxyl groups excluding tert-OH is 1. The van der Waals surface area contributed by atoms with Crippen LogP contribution in [-0.4, -0.2) is 36.3 Å². The number of aliphatic hydroxyl groups is 1. The number of nitrogens with one attached hydrogen (secondary N) is 1. The highest BCUT2D eigenvalue weighted by Gasteiger charge is 2.28. The lowest BCUT2D eigenvalue weighted by molar-refractivity contribution is 0.0453. The third-order valence-electron chi connectivity index (χ3n) is 5.42. The Labute approximate surface area is 175 Å². The fourth-order valence-corrected chi connectivity index (χ4v) is 4.71. The van der Waals surface area contributed by atoms with Gasteiger partial charge in [-0.25, -0.2) is 18.1 Å². The first-order valence-corrected chi connectivity index (χ1v) is 11.2. The van der Waals surface area contributed by atoms with Crippen LogP contribution >= 0.6 is 0 Å². The molecule has 1 aliphatic carbocycles. The normalized spacial score (nSPS) is 18.9. The number of nitrogens with two attached hydrogens (primary N) is 1. The van der Waals surface area contributed by atoms with Crippen molar-refractivity contribution in [2.75, 3.05) is 12.3 Å². The number of nitrogen functional groups attached to an aromatic ring is 1. The highest BCUT2D eigenvalue weighted by Crippen LogP contribution is 2.33. The van der Waals surface area contributed by atoms with Crippen molar-refractivity contribution in [2.24, 2.45) is 5.92 Å². The molecule has 158 valence electrons. The number of rotatable bonds is 6. The van der Waals surface area contributed by atoms with E-state index in [0.29, 0.717) is 36.5 Å². The van der Waals surface area contributed by atoms with E-state index in [9.17, 15) is 13.5 Å². The van der Waals surface area contributed by atoms with Crippen molar-refractivity contribution in [1.29, 1.82) is 0 Å². The molecule has 8 nitrogen and oxygen atoms in total. The molecule has 1 fully saturated rings. The summed E-state index contributed by atoms with van der Waals surface area (Å²) in [5.41, 5.74) is 9.71. The zero-order chi connectivity index (χ0) is 21.5. The second-order valence-electron chi connectivity index (χ2n) is 7.81. The number of aromatic nitrogens is 2. The van der Waals surface area contributed by atoms with Gasteiger partial charge in [-0.2, -0.15) is 0 Å². The SMILES string of the molecule is Cc1cc(-c2cc(-c3cc(S(=O)(=O)NC[C@H]4C[C@H](O)C4)ccc3C)cnc2N)on1. The number of nitrogens with zero attached hydrogens (tertiary/aromatic N) is 2. The minimum atomic E-state index is -3.67. The summed E-state index contributed by atoms with van der Waals surface area (Å²) in [5, 5.41) is 13.3. The molecule has 4 rings (SSSR count). The summed E-state index contributed by atoms with van der Waals surface area (Å²) < 4.78 is 33.5. The lowest BCUT2D eigenvalue weighted by Crippen LogP contribution is -2.38. The maximum atomic E-state index is 12.8. The number of aryl methyl sites for hydroxylation is 2. The van der Waals surface area contributed by atoms with Crippen LogP contribution in [0, 0.1) is 19.8 Å². The van der Waals surface area contributed by atoms with Crippen LogP contribution in [0.3, 0.4) is 0 Å². The molecule has 0 spiro atoms. The monoisotopic (exact) mass is 428 g/mol. The Bertz CT molecular complexity index is 1180. The Morgan fingerprint density at radius 1 is 1.20 bits per heavy atom. The van der Waals surface area contributed by atoms with Crippen LogP contribution in [0.15, 0.2) is 45.9 Å². The predicted molar refractivity (Wildman–Crippen MR) is 113 cm³/mol.